The van der Waals surface area contributed by atoms with E-state index in [-0.39, 0.29) is 0 Å². The molecule has 1 N–H and O–H groups in total. The van der Waals surface area contributed by atoms with E-state index in [0.717, 1.165) is 17.7 Å². The van der Waals surface area contributed by atoms with Gasteiger partial charge in [-0.25, -0.2) is 4.98 Å². The molecular weight excluding hydrogens is 224 g/mol. The van der Waals surface area contributed by atoms with Crippen LogP contribution in [0.1, 0.15) is 19.0 Å². The van der Waals surface area contributed by atoms with E-state index in [4.69, 9.17) is 16.3 Å². The fourth-order valence-corrected chi connectivity index (χ4v) is 1.34. The summed E-state index contributed by atoms with van der Waals surface area (Å²) < 4.78 is 5.50. The molecule has 0 aliphatic rings. The van der Waals surface area contributed by atoms with Gasteiger partial charge < -0.3 is 10.1 Å². The third-order valence-electron chi connectivity index (χ3n) is 2.02. The first-order valence-corrected chi connectivity index (χ1v) is 5.58. The summed E-state index contributed by atoms with van der Waals surface area (Å²) in [6.07, 6.45) is 0.839. The molecule has 1 aromatic heterocycles. The molecule has 4 heteroatoms. The van der Waals surface area contributed by atoms with Crippen molar-refractivity contribution in [3.05, 3.63) is 35.0 Å². The van der Waals surface area contributed by atoms with Crippen LogP contribution < -0.4 is 10.1 Å². The first-order chi connectivity index (χ1) is 7.63. The smallest absolute Gasteiger partial charge is 0.213 e. The van der Waals surface area contributed by atoms with Crippen LogP contribution in [0.5, 0.6) is 5.88 Å². The highest BCUT2D eigenvalue weighted by Crippen LogP contribution is 2.18. The van der Waals surface area contributed by atoms with Crippen LogP contribution in [0.2, 0.25) is 5.02 Å². The van der Waals surface area contributed by atoms with Gasteiger partial charge in [0.05, 0.1) is 17.3 Å². The summed E-state index contributed by atoms with van der Waals surface area (Å²) in [5, 5.41) is 3.66. The van der Waals surface area contributed by atoms with Gasteiger partial charge in [-0.3, -0.25) is 0 Å². The van der Waals surface area contributed by atoms with E-state index in [1.54, 1.807) is 12.1 Å². The quantitative estimate of drug-likeness (QED) is 0.777. The third-order valence-corrected chi connectivity index (χ3v) is 2.36. The average molecular weight is 241 g/mol. The molecule has 0 radical (unpaired) electrons. The van der Waals surface area contributed by atoms with Gasteiger partial charge in [0.15, 0.2) is 0 Å². The first-order valence-electron chi connectivity index (χ1n) is 5.20. The Hall–Kier alpha value is -1.06. The normalized spacial score (nSPS) is 10.2. The topological polar surface area (TPSA) is 34.1 Å². The van der Waals surface area contributed by atoms with Crippen LogP contribution in [0.15, 0.2) is 24.3 Å². The fourth-order valence-electron chi connectivity index (χ4n) is 1.17. The maximum atomic E-state index is 5.99. The molecule has 0 saturated heterocycles. The summed E-state index contributed by atoms with van der Waals surface area (Å²) in [4.78, 5) is 4.31. The van der Waals surface area contributed by atoms with Crippen molar-refractivity contribution in [1.29, 1.82) is 0 Å². The number of halogens is 1. The fraction of sp³-hybridized carbons (Fsp3) is 0.417. The highest BCUT2D eigenvalue weighted by molar-refractivity contribution is 6.31. The van der Waals surface area contributed by atoms with Crippen molar-refractivity contribution < 1.29 is 4.74 Å². The predicted octanol–water partition coefficient (Wildman–Crippen LogP) is 2.80. The molecule has 0 spiro atoms. The van der Waals surface area contributed by atoms with E-state index < -0.39 is 0 Å². The monoisotopic (exact) mass is 240 g/mol. The Bertz CT molecular complexity index is 366. The van der Waals surface area contributed by atoms with Crippen LogP contribution >= 0.6 is 11.6 Å². The Morgan fingerprint density at radius 2 is 2.31 bits per heavy atom. The summed E-state index contributed by atoms with van der Waals surface area (Å²) >= 11 is 5.99. The molecule has 0 saturated carbocycles. The maximum absolute atomic E-state index is 5.99. The number of aromatic nitrogens is 1. The molecular formula is C12H17ClN2O. The molecule has 1 heterocycles. The van der Waals surface area contributed by atoms with Gasteiger partial charge in [-0.15, -0.1) is 6.58 Å². The second-order valence-electron chi connectivity index (χ2n) is 3.66. The minimum Gasteiger partial charge on any atom is -0.477 e. The summed E-state index contributed by atoms with van der Waals surface area (Å²) in [7, 11) is 1.85. The predicted molar refractivity (Wildman–Crippen MR) is 66.9 cm³/mol. The van der Waals surface area contributed by atoms with Crippen molar-refractivity contribution >= 4 is 11.6 Å². The Morgan fingerprint density at radius 1 is 1.56 bits per heavy atom. The lowest BCUT2D eigenvalue weighted by molar-refractivity contribution is 0.308. The highest BCUT2D eigenvalue weighted by atomic mass is 35.5. The van der Waals surface area contributed by atoms with Crippen molar-refractivity contribution in [3.8, 4) is 5.88 Å². The van der Waals surface area contributed by atoms with Gasteiger partial charge in [-0.05, 0) is 20.0 Å². The van der Waals surface area contributed by atoms with Crippen LogP contribution in [0.3, 0.4) is 0 Å². The molecule has 0 atom stereocenters. The van der Waals surface area contributed by atoms with Crippen LogP contribution in [0.25, 0.3) is 0 Å². The zero-order valence-corrected chi connectivity index (χ0v) is 10.5. The molecule has 1 rings (SSSR count). The minimum atomic E-state index is 0.600. The van der Waals surface area contributed by atoms with E-state index in [1.165, 1.54) is 0 Å². The van der Waals surface area contributed by atoms with Crippen molar-refractivity contribution in [3.63, 3.8) is 0 Å². The van der Waals surface area contributed by atoms with Gasteiger partial charge >= 0.3 is 0 Å². The molecule has 88 valence electrons. The molecule has 16 heavy (non-hydrogen) atoms. The number of hydrogen-bond donors (Lipinski definition) is 1. The van der Waals surface area contributed by atoms with Crippen LogP contribution in [0, 0.1) is 0 Å². The maximum Gasteiger partial charge on any atom is 0.213 e. The number of rotatable bonds is 6. The Balaban J connectivity index is 2.60. The van der Waals surface area contributed by atoms with Crippen LogP contribution in [0.4, 0.5) is 0 Å². The summed E-state index contributed by atoms with van der Waals surface area (Å²) in [6.45, 7) is 7.03. The van der Waals surface area contributed by atoms with Crippen molar-refractivity contribution in [1.82, 2.24) is 10.3 Å². The molecule has 0 amide bonds. The van der Waals surface area contributed by atoms with Gasteiger partial charge in [0.1, 0.15) is 0 Å². The van der Waals surface area contributed by atoms with Gasteiger partial charge in [-0.1, -0.05) is 17.2 Å². The summed E-state index contributed by atoms with van der Waals surface area (Å²) in [6, 6.07) is 3.58. The molecule has 0 fully saturated rings. The first kappa shape index (κ1) is 13.0. The lowest BCUT2D eigenvalue weighted by Crippen LogP contribution is -2.08. The third kappa shape index (κ3) is 4.21. The second kappa shape index (κ2) is 6.51. The second-order valence-corrected chi connectivity index (χ2v) is 4.07. The zero-order valence-electron chi connectivity index (χ0n) is 9.72. The number of nitrogens with one attached hydrogen (secondary N) is 1. The summed E-state index contributed by atoms with van der Waals surface area (Å²) in [5.74, 6) is 0.607. The van der Waals surface area contributed by atoms with Gasteiger partial charge in [0, 0.05) is 19.0 Å². The highest BCUT2D eigenvalue weighted by Gasteiger charge is 2.03. The lowest BCUT2D eigenvalue weighted by atomic mass is 10.3. The number of hydrogen-bond acceptors (Lipinski definition) is 3. The lowest BCUT2D eigenvalue weighted by Gasteiger charge is -2.08. The summed E-state index contributed by atoms with van der Waals surface area (Å²) in [5.41, 5.74) is 1.90. The SMILES string of the molecule is C=C(C)CCOc1ccc(Cl)c(CNC)n1. The molecule has 0 aliphatic carbocycles. The van der Waals surface area contributed by atoms with E-state index >= 15 is 0 Å². The molecule has 0 aliphatic heterocycles. The molecule has 1 aromatic rings. The van der Waals surface area contributed by atoms with Gasteiger partial charge in [-0.2, -0.15) is 0 Å². The van der Waals surface area contributed by atoms with Crippen LogP contribution in [-0.2, 0) is 6.54 Å². The number of pyridine rings is 1. The largest absolute Gasteiger partial charge is 0.477 e. The van der Waals surface area contributed by atoms with Crippen molar-refractivity contribution in [2.24, 2.45) is 0 Å². The Morgan fingerprint density at radius 3 is 2.94 bits per heavy atom. The van der Waals surface area contributed by atoms with Crippen molar-refractivity contribution in [2.75, 3.05) is 13.7 Å². The molecule has 0 aromatic carbocycles. The molecule has 0 unspecified atom stereocenters. The van der Waals surface area contributed by atoms with E-state index in [2.05, 4.69) is 16.9 Å². The Labute approximate surface area is 101 Å². The average Bonchev–Trinajstić information content (AvgIpc) is 2.22. The van der Waals surface area contributed by atoms with Gasteiger partial charge in [0.25, 0.3) is 0 Å². The van der Waals surface area contributed by atoms with Gasteiger partial charge in [0.2, 0.25) is 5.88 Å². The van der Waals surface area contributed by atoms with E-state index in [9.17, 15) is 0 Å². The Kier molecular flexibility index (Phi) is 5.29. The minimum absolute atomic E-state index is 0.600. The molecule has 3 nitrogen and oxygen atoms in total. The van der Waals surface area contributed by atoms with Crippen LogP contribution in [-0.4, -0.2) is 18.6 Å². The van der Waals surface area contributed by atoms with E-state index in [0.29, 0.717) is 24.1 Å². The van der Waals surface area contributed by atoms with Crippen molar-refractivity contribution in [2.45, 2.75) is 19.9 Å². The van der Waals surface area contributed by atoms with E-state index in [1.807, 2.05) is 14.0 Å². The number of ether oxygens (including phenoxy) is 1. The standard InChI is InChI=1S/C12H17ClN2O/c1-9(2)6-7-16-12-5-4-10(13)11(15-12)8-14-3/h4-5,14H,1,6-8H2,2-3H3. The zero-order chi connectivity index (χ0) is 12.0. The molecule has 0 bridgehead atoms. The number of nitrogens with zero attached hydrogens (tertiary/aromatic N) is 1.